The first-order valence-electron chi connectivity index (χ1n) is 7.05. The van der Waals surface area contributed by atoms with Crippen LogP contribution in [0.1, 0.15) is 31.2 Å². The molecule has 2 rings (SSSR count). The fraction of sp³-hybridized carbons (Fsp3) is 0.571. The summed E-state index contributed by atoms with van der Waals surface area (Å²) in [6, 6.07) is 1.63. The number of aromatic nitrogens is 1. The second-order valence-corrected chi connectivity index (χ2v) is 5.44. The molecule has 1 atom stereocenters. The minimum Gasteiger partial charge on any atom is -0.481 e. The smallest absolute Gasteiger partial charge is 0.314 e. The fourth-order valence-corrected chi connectivity index (χ4v) is 2.81. The molecule has 0 aromatic carbocycles. The van der Waals surface area contributed by atoms with Crippen molar-refractivity contribution >= 4 is 17.5 Å². The number of carboxylic acid groups (broad SMARTS) is 1. The van der Waals surface area contributed by atoms with Gasteiger partial charge in [0.2, 0.25) is 5.82 Å². The lowest BCUT2D eigenvalue weighted by Gasteiger charge is -2.33. The molecule has 1 aliphatic heterocycles. The van der Waals surface area contributed by atoms with E-state index in [9.17, 15) is 14.9 Å². The Labute approximate surface area is 122 Å². The Morgan fingerprint density at radius 1 is 1.62 bits per heavy atom. The molecule has 0 bridgehead atoms. The average Bonchev–Trinajstić information content (AvgIpc) is 2.44. The van der Waals surface area contributed by atoms with E-state index in [2.05, 4.69) is 4.98 Å². The molecule has 2 heterocycles. The maximum absolute atomic E-state index is 11.2. The minimum atomic E-state index is -0.799. The maximum Gasteiger partial charge on any atom is 0.314 e. The third-order valence-electron chi connectivity index (χ3n) is 3.87. The molecule has 0 radical (unpaired) electrons. The monoisotopic (exact) mass is 293 g/mol. The highest BCUT2D eigenvalue weighted by atomic mass is 16.6. The van der Waals surface area contributed by atoms with Gasteiger partial charge >= 0.3 is 11.7 Å². The van der Waals surface area contributed by atoms with Crippen LogP contribution >= 0.6 is 0 Å². The number of pyridine rings is 1. The van der Waals surface area contributed by atoms with Crippen molar-refractivity contribution in [2.45, 2.75) is 32.6 Å². The van der Waals surface area contributed by atoms with Crippen LogP contribution < -0.4 is 4.90 Å². The topological polar surface area (TPSA) is 96.6 Å². The van der Waals surface area contributed by atoms with Gasteiger partial charge in [0.1, 0.15) is 0 Å². The van der Waals surface area contributed by atoms with Gasteiger partial charge in [-0.25, -0.2) is 4.98 Å². The lowest BCUT2D eigenvalue weighted by atomic mass is 9.93. The number of hydrogen-bond donors (Lipinski definition) is 1. The quantitative estimate of drug-likeness (QED) is 0.661. The van der Waals surface area contributed by atoms with E-state index in [0.717, 1.165) is 19.4 Å². The van der Waals surface area contributed by atoms with Crippen molar-refractivity contribution in [3.8, 4) is 0 Å². The van der Waals surface area contributed by atoms with Crippen molar-refractivity contribution in [1.29, 1.82) is 0 Å². The number of hydrogen-bond acceptors (Lipinski definition) is 5. The molecule has 7 heteroatoms. The van der Waals surface area contributed by atoms with Gasteiger partial charge in [0.25, 0.3) is 0 Å². The number of nitrogens with zero attached hydrogens (tertiary/aromatic N) is 3. The van der Waals surface area contributed by atoms with Gasteiger partial charge in [-0.05, 0) is 38.2 Å². The zero-order chi connectivity index (χ0) is 15.4. The van der Waals surface area contributed by atoms with Gasteiger partial charge in [-0.3, -0.25) is 14.9 Å². The summed E-state index contributed by atoms with van der Waals surface area (Å²) in [6.45, 7) is 3.06. The predicted molar refractivity (Wildman–Crippen MR) is 77.4 cm³/mol. The van der Waals surface area contributed by atoms with E-state index in [4.69, 9.17) is 5.11 Å². The number of rotatable bonds is 5. The summed E-state index contributed by atoms with van der Waals surface area (Å²) >= 11 is 0. The lowest BCUT2D eigenvalue weighted by molar-refractivity contribution is -0.384. The lowest BCUT2D eigenvalue weighted by Crippen LogP contribution is -2.36. The molecular weight excluding hydrogens is 274 g/mol. The Kier molecular flexibility index (Phi) is 4.72. The molecule has 114 valence electrons. The first-order valence-corrected chi connectivity index (χ1v) is 7.05. The Bertz CT molecular complexity index is 547. The SMILES string of the molecule is Cc1ccnc(N2CCCC(CCC(=O)O)C2)c1[N+](=O)[O-]. The van der Waals surface area contributed by atoms with Crippen molar-refractivity contribution in [2.75, 3.05) is 18.0 Å². The first-order chi connectivity index (χ1) is 9.99. The van der Waals surface area contributed by atoms with Crippen LogP contribution in [0.15, 0.2) is 12.3 Å². The van der Waals surface area contributed by atoms with Crippen LogP contribution in [0.25, 0.3) is 0 Å². The van der Waals surface area contributed by atoms with Crippen molar-refractivity contribution in [3.05, 3.63) is 27.9 Å². The number of aliphatic carboxylic acids is 1. The molecule has 1 aromatic heterocycles. The van der Waals surface area contributed by atoms with Crippen LogP contribution in [0, 0.1) is 23.0 Å². The van der Waals surface area contributed by atoms with E-state index in [1.54, 1.807) is 19.2 Å². The van der Waals surface area contributed by atoms with Crippen molar-refractivity contribution < 1.29 is 14.8 Å². The highest BCUT2D eigenvalue weighted by Crippen LogP contribution is 2.32. The molecule has 0 saturated carbocycles. The summed E-state index contributed by atoms with van der Waals surface area (Å²) in [5, 5.41) is 20.0. The van der Waals surface area contributed by atoms with Crippen LogP contribution in [-0.4, -0.2) is 34.1 Å². The molecule has 1 N–H and O–H groups in total. The van der Waals surface area contributed by atoms with Gasteiger partial charge in [-0.1, -0.05) is 0 Å². The normalized spacial score (nSPS) is 18.5. The van der Waals surface area contributed by atoms with E-state index < -0.39 is 10.9 Å². The molecule has 1 fully saturated rings. The predicted octanol–water partition coefficient (Wildman–Crippen LogP) is 2.38. The van der Waals surface area contributed by atoms with E-state index in [0.29, 0.717) is 24.3 Å². The van der Waals surface area contributed by atoms with Gasteiger partial charge in [0, 0.05) is 31.3 Å². The van der Waals surface area contributed by atoms with Crippen LogP contribution in [0.5, 0.6) is 0 Å². The van der Waals surface area contributed by atoms with Gasteiger partial charge in [-0.2, -0.15) is 0 Å². The van der Waals surface area contributed by atoms with E-state index in [1.807, 2.05) is 4.90 Å². The standard InChI is InChI=1S/C14H19N3O4/c1-10-6-7-15-14(13(10)17(20)21)16-8-2-3-11(9-16)4-5-12(18)19/h6-7,11H,2-5,8-9H2,1H3,(H,18,19). The molecule has 1 saturated heterocycles. The minimum absolute atomic E-state index is 0.0522. The number of anilines is 1. The number of nitro groups is 1. The van der Waals surface area contributed by atoms with Crippen molar-refractivity contribution in [3.63, 3.8) is 0 Å². The number of carbonyl (C=O) groups is 1. The average molecular weight is 293 g/mol. The molecule has 0 amide bonds. The van der Waals surface area contributed by atoms with Crippen LogP contribution in [-0.2, 0) is 4.79 Å². The maximum atomic E-state index is 11.2. The van der Waals surface area contributed by atoms with E-state index >= 15 is 0 Å². The Morgan fingerprint density at radius 2 is 2.38 bits per heavy atom. The molecule has 0 spiro atoms. The molecule has 1 aliphatic rings. The Morgan fingerprint density at radius 3 is 3.05 bits per heavy atom. The molecule has 7 nitrogen and oxygen atoms in total. The van der Waals surface area contributed by atoms with Crippen molar-refractivity contribution in [2.24, 2.45) is 5.92 Å². The highest BCUT2D eigenvalue weighted by Gasteiger charge is 2.28. The van der Waals surface area contributed by atoms with Crippen molar-refractivity contribution in [1.82, 2.24) is 4.98 Å². The Balaban J connectivity index is 2.16. The molecule has 1 aromatic rings. The van der Waals surface area contributed by atoms with Gasteiger partial charge in [0.15, 0.2) is 0 Å². The summed E-state index contributed by atoms with van der Waals surface area (Å²) in [4.78, 5) is 27.6. The summed E-state index contributed by atoms with van der Waals surface area (Å²) in [5.74, 6) is -0.149. The number of aryl methyl sites for hydroxylation is 1. The van der Waals surface area contributed by atoms with Crippen LogP contribution in [0.3, 0.4) is 0 Å². The molecule has 21 heavy (non-hydrogen) atoms. The van der Waals surface area contributed by atoms with E-state index in [1.165, 1.54) is 0 Å². The zero-order valence-corrected chi connectivity index (χ0v) is 12.0. The zero-order valence-electron chi connectivity index (χ0n) is 12.0. The van der Waals surface area contributed by atoms with Gasteiger partial charge in [-0.15, -0.1) is 0 Å². The summed E-state index contributed by atoms with van der Waals surface area (Å²) in [5.41, 5.74) is 0.647. The second-order valence-electron chi connectivity index (χ2n) is 5.44. The summed E-state index contributed by atoms with van der Waals surface area (Å²) in [7, 11) is 0. The third-order valence-corrected chi connectivity index (χ3v) is 3.87. The van der Waals surface area contributed by atoms with Crippen LogP contribution in [0.4, 0.5) is 11.5 Å². The van der Waals surface area contributed by atoms with Gasteiger partial charge in [0.05, 0.1) is 4.92 Å². The van der Waals surface area contributed by atoms with Gasteiger partial charge < -0.3 is 10.0 Å². The first kappa shape index (κ1) is 15.2. The van der Waals surface area contributed by atoms with Crippen LogP contribution in [0.2, 0.25) is 0 Å². The largest absolute Gasteiger partial charge is 0.481 e. The second kappa shape index (κ2) is 6.51. The molecule has 1 unspecified atom stereocenters. The number of piperidine rings is 1. The molecule has 0 aliphatic carbocycles. The van der Waals surface area contributed by atoms with E-state index in [-0.39, 0.29) is 18.0 Å². The fourth-order valence-electron chi connectivity index (χ4n) is 2.81. The summed E-state index contributed by atoms with van der Waals surface area (Å²) in [6.07, 6.45) is 4.19. The third kappa shape index (κ3) is 3.68. The molecular formula is C14H19N3O4. The summed E-state index contributed by atoms with van der Waals surface area (Å²) < 4.78 is 0. The highest BCUT2D eigenvalue weighted by molar-refractivity contribution is 5.66. The number of carboxylic acids is 1. The Hall–Kier alpha value is -2.18.